The summed E-state index contributed by atoms with van der Waals surface area (Å²) < 4.78 is 49.4. The Morgan fingerprint density at radius 1 is 1.00 bits per heavy atom. The minimum absolute atomic E-state index is 0.0641. The molecular formula is C28H28ClF3O4S. The van der Waals surface area contributed by atoms with Gasteiger partial charge in [-0.3, -0.25) is 9.59 Å². The maximum absolute atomic E-state index is 12.8. The van der Waals surface area contributed by atoms with E-state index in [1.54, 1.807) is 52.0 Å². The monoisotopic (exact) mass is 552 g/mol. The van der Waals surface area contributed by atoms with E-state index in [0.717, 1.165) is 22.6 Å². The van der Waals surface area contributed by atoms with Crippen molar-refractivity contribution in [1.29, 1.82) is 0 Å². The molecule has 9 heteroatoms. The van der Waals surface area contributed by atoms with Gasteiger partial charge >= 0.3 is 12.1 Å². The van der Waals surface area contributed by atoms with E-state index in [-0.39, 0.29) is 24.8 Å². The number of thiophene rings is 1. The van der Waals surface area contributed by atoms with E-state index in [4.69, 9.17) is 21.1 Å². The quantitative estimate of drug-likeness (QED) is 0.198. The highest BCUT2D eigenvalue weighted by Gasteiger charge is 2.30. The molecular weight excluding hydrogens is 525 g/mol. The summed E-state index contributed by atoms with van der Waals surface area (Å²) in [5.74, 6) is -0.447. The third-order valence-electron chi connectivity index (χ3n) is 5.31. The van der Waals surface area contributed by atoms with E-state index in [1.165, 1.54) is 23.5 Å². The summed E-state index contributed by atoms with van der Waals surface area (Å²) in [4.78, 5) is 26.1. The molecule has 0 radical (unpaired) electrons. The van der Waals surface area contributed by atoms with Crippen molar-refractivity contribution >= 4 is 34.7 Å². The lowest BCUT2D eigenvalue weighted by molar-refractivity contribution is -0.160. The number of ether oxygens (including phenoxy) is 2. The Labute approximate surface area is 223 Å². The van der Waals surface area contributed by atoms with Gasteiger partial charge in [0.2, 0.25) is 0 Å². The Morgan fingerprint density at radius 2 is 1.68 bits per heavy atom. The number of ketones is 1. The maximum Gasteiger partial charge on any atom is 0.416 e. The summed E-state index contributed by atoms with van der Waals surface area (Å²) in [6.07, 6.45) is -3.68. The standard InChI is InChI=1S/C28H28ClF3O4S/c1-17(26(34)36-27(2,3)4)16-35-23-12-6-18(15-21(23)29)5-11-22(33)25-14-13-24(37-25)19-7-9-20(10-8-19)28(30,31)32/h6-10,12-15,17H,5,11,16H2,1-4H3. The summed E-state index contributed by atoms with van der Waals surface area (Å²) in [5, 5.41) is 0.377. The summed E-state index contributed by atoms with van der Waals surface area (Å²) in [7, 11) is 0. The van der Waals surface area contributed by atoms with Gasteiger partial charge in [-0.25, -0.2) is 0 Å². The van der Waals surface area contributed by atoms with Crippen molar-refractivity contribution in [3.63, 3.8) is 0 Å². The molecule has 1 unspecified atom stereocenters. The number of esters is 1. The molecule has 0 saturated carbocycles. The van der Waals surface area contributed by atoms with Gasteiger partial charge in [0, 0.05) is 11.3 Å². The fourth-order valence-corrected chi connectivity index (χ4v) is 4.59. The van der Waals surface area contributed by atoms with Crippen LogP contribution in [0.25, 0.3) is 10.4 Å². The summed E-state index contributed by atoms with van der Waals surface area (Å²) in [6, 6.07) is 13.6. The average molecular weight is 553 g/mol. The van der Waals surface area contributed by atoms with Crippen molar-refractivity contribution in [1.82, 2.24) is 0 Å². The number of benzene rings is 2. The number of carbonyl (C=O) groups excluding carboxylic acids is 2. The molecule has 0 aliphatic rings. The number of carbonyl (C=O) groups is 2. The highest BCUT2D eigenvalue weighted by atomic mass is 35.5. The van der Waals surface area contributed by atoms with Crippen LogP contribution >= 0.6 is 22.9 Å². The van der Waals surface area contributed by atoms with E-state index in [9.17, 15) is 22.8 Å². The van der Waals surface area contributed by atoms with Gasteiger partial charge in [0.15, 0.2) is 5.78 Å². The van der Waals surface area contributed by atoms with Crippen molar-refractivity contribution < 1.29 is 32.2 Å². The predicted octanol–water partition coefficient (Wildman–Crippen LogP) is 8.26. The zero-order chi connectivity index (χ0) is 27.4. The molecule has 0 saturated heterocycles. The number of hydrogen-bond acceptors (Lipinski definition) is 5. The van der Waals surface area contributed by atoms with Crippen LogP contribution in [-0.2, 0) is 22.1 Å². The maximum atomic E-state index is 12.8. The molecule has 0 fully saturated rings. The van der Waals surface area contributed by atoms with Crippen LogP contribution in [0.1, 0.15) is 54.9 Å². The number of hydrogen-bond donors (Lipinski definition) is 0. The number of halogens is 4. The summed E-state index contributed by atoms with van der Waals surface area (Å²) in [5.41, 5.74) is 0.192. The average Bonchev–Trinajstić information content (AvgIpc) is 3.30. The van der Waals surface area contributed by atoms with Gasteiger partial charge < -0.3 is 9.47 Å². The van der Waals surface area contributed by atoms with Crippen molar-refractivity contribution in [2.75, 3.05) is 6.61 Å². The SMILES string of the molecule is CC(COc1ccc(CCC(=O)c2ccc(-c3ccc(C(F)(F)F)cc3)s2)cc1Cl)C(=O)OC(C)(C)C. The van der Waals surface area contributed by atoms with Gasteiger partial charge in [-0.15, -0.1) is 11.3 Å². The lowest BCUT2D eigenvalue weighted by Gasteiger charge is -2.22. The fourth-order valence-electron chi connectivity index (χ4n) is 3.35. The molecule has 0 spiro atoms. The molecule has 0 amide bonds. The molecule has 3 rings (SSSR count). The molecule has 0 aliphatic carbocycles. The molecule has 1 aromatic heterocycles. The second-order valence-electron chi connectivity index (χ2n) is 9.67. The molecule has 0 aliphatic heterocycles. The van der Waals surface area contributed by atoms with Gasteiger partial charge in [0.1, 0.15) is 18.0 Å². The first-order chi connectivity index (χ1) is 17.2. The van der Waals surface area contributed by atoms with Crippen LogP contribution in [0.15, 0.2) is 54.6 Å². The Kier molecular flexibility index (Phi) is 9.08. The van der Waals surface area contributed by atoms with Crippen LogP contribution in [0, 0.1) is 5.92 Å². The molecule has 37 heavy (non-hydrogen) atoms. The van der Waals surface area contributed by atoms with E-state index < -0.39 is 23.3 Å². The Morgan fingerprint density at radius 3 is 2.27 bits per heavy atom. The van der Waals surface area contributed by atoms with Gasteiger partial charge in [-0.2, -0.15) is 13.2 Å². The first kappa shape index (κ1) is 28.7. The number of Topliss-reactive ketones (excluding diaryl/α,β-unsaturated/α-hetero) is 1. The third kappa shape index (κ3) is 8.33. The predicted molar refractivity (Wildman–Crippen MR) is 139 cm³/mol. The molecule has 1 heterocycles. The van der Waals surface area contributed by atoms with Crippen LogP contribution in [0.5, 0.6) is 5.75 Å². The topological polar surface area (TPSA) is 52.6 Å². The molecule has 4 nitrogen and oxygen atoms in total. The Balaban J connectivity index is 1.54. The zero-order valence-electron chi connectivity index (χ0n) is 20.9. The zero-order valence-corrected chi connectivity index (χ0v) is 22.5. The van der Waals surface area contributed by atoms with Gasteiger partial charge in [-0.1, -0.05) is 29.8 Å². The molecule has 0 bridgehead atoms. The minimum Gasteiger partial charge on any atom is -0.491 e. The molecule has 0 N–H and O–H groups in total. The molecule has 2 aromatic carbocycles. The lowest BCUT2D eigenvalue weighted by atomic mass is 10.1. The van der Waals surface area contributed by atoms with Gasteiger partial charge in [0.25, 0.3) is 0 Å². The lowest BCUT2D eigenvalue weighted by Crippen LogP contribution is -2.30. The largest absolute Gasteiger partial charge is 0.491 e. The highest BCUT2D eigenvalue weighted by molar-refractivity contribution is 7.17. The minimum atomic E-state index is -4.39. The summed E-state index contributed by atoms with van der Waals surface area (Å²) >= 11 is 7.60. The van der Waals surface area contributed by atoms with Crippen molar-refractivity contribution in [3.8, 4) is 16.2 Å². The summed E-state index contributed by atoms with van der Waals surface area (Å²) in [6.45, 7) is 7.24. The van der Waals surface area contributed by atoms with E-state index in [2.05, 4.69) is 0 Å². The smallest absolute Gasteiger partial charge is 0.416 e. The van der Waals surface area contributed by atoms with Gasteiger partial charge in [-0.05, 0) is 81.6 Å². The fraction of sp³-hybridized carbons (Fsp3) is 0.357. The third-order valence-corrected chi connectivity index (χ3v) is 6.78. The van der Waals surface area contributed by atoms with Crippen LogP contribution in [0.4, 0.5) is 13.2 Å². The number of aryl methyl sites for hydroxylation is 1. The molecule has 1 atom stereocenters. The second kappa shape index (κ2) is 11.7. The van der Waals surface area contributed by atoms with Crippen molar-refractivity contribution in [2.24, 2.45) is 5.92 Å². The van der Waals surface area contributed by atoms with Crippen LogP contribution < -0.4 is 4.74 Å². The first-order valence-electron chi connectivity index (χ1n) is 11.7. The van der Waals surface area contributed by atoms with Crippen LogP contribution in [0.3, 0.4) is 0 Å². The van der Waals surface area contributed by atoms with E-state index >= 15 is 0 Å². The van der Waals surface area contributed by atoms with Gasteiger partial charge in [0.05, 0.1) is 21.4 Å². The molecule has 3 aromatic rings. The Hall–Kier alpha value is -2.84. The van der Waals surface area contributed by atoms with Crippen LogP contribution in [-0.4, -0.2) is 24.0 Å². The first-order valence-corrected chi connectivity index (χ1v) is 12.9. The van der Waals surface area contributed by atoms with Crippen molar-refractivity contribution in [3.05, 3.63) is 75.6 Å². The Bertz CT molecular complexity index is 1240. The number of alkyl halides is 3. The second-order valence-corrected chi connectivity index (χ2v) is 11.2. The van der Waals surface area contributed by atoms with E-state index in [1.807, 2.05) is 6.07 Å². The normalized spacial score (nSPS) is 12.8. The number of rotatable bonds is 9. The molecule has 198 valence electrons. The van der Waals surface area contributed by atoms with Crippen LogP contribution in [0.2, 0.25) is 5.02 Å². The highest BCUT2D eigenvalue weighted by Crippen LogP contribution is 2.34. The van der Waals surface area contributed by atoms with E-state index in [0.29, 0.717) is 27.6 Å². The van der Waals surface area contributed by atoms with Crippen molar-refractivity contribution in [2.45, 2.75) is 52.3 Å².